The molecule has 0 spiro atoms. The molecule has 0 saturated heterocycles. The van der Waals surface area contributed by atoms with E-state index < -0.39 is 22.0 Å². The Labute approximate surface area is 193 Å². The van der Waals surface area contributed by atoms with Crippen molar-refractivity contribution in [3.05, 3.63) is 42.6 Å². The summed E-state index contributed by atoms with van der Waals surface area (Å²) in [4.78, 5) is 13.4. The molecule has 0 saturated carbocycles. The number of nitrogens with two attached hydrogens (primary N) is 1. The van der Waals surface area contributed by atoms with Crippen LogP contribution in [0.3, 0.4) is 0 Å². The molecule has 2 N–H and O–H groups in total. The predicted octanol–water partition coefficient (Wildman–Crippen LogP) is 2.91. The summed E-state index contributed by atoms with van der Waals surface area (Å²) in [6.45, 7) is 3.50. The fourth-order valence-corrected chi connectivity index (χ4v) is 4.98. The third-order valence-corrected chi connectivity index (χ3v) is 7.20. The Kier molecular flexibility index (Phi) is 6.89. The minimum Gasteiger partial charge on any atom is -0.493 e. The van der Waals surface area contributed by atoms with Crippen molar-refractivity contribution in [1.82, 2.24) is 4.57 Å². The number of ether oxygens (including phenoxy) is 3. The Balaban J connectivity index is 2.26. The monoisotopic (exact) mass is 475 g/mol. The van der Waals surface area contributed by atoms with Crippen molar-refractivity contribution < 1.29 is 27.4 Å². The Hall–Kier alpha value is -3.24. The lowest BCUT2D eigenvalue weighted by Crippen LogP contribution is -2.49. The van der Waals surface area contributed by atoms with Crippen molar-refractivity contribution in [3.63, 3.8) is 0 Å². The molecular weight excluding hydrogens is 446 g/mol. The molecule has 1 heterocycles. The number of hydrogen-bond acceptors (Lipinski definition) is 7. The number of sulfonamides is 1. The molecule has 2 aromatic carbocycles. The Morgan fingerprint density at radius 2 is 1.61 bits per heavy atom. The molecule has 3 rings (SSSR count). The van der Waals surface area contributed by atoms with Crippen LogP contribution in [0, 0.1) is 5.92 Å². The number of anilines is 1. The van der Waals surface area contributed by atoms with Gasteiger partial charge in [-0.2, -0.15) is 0 Å². The van der Waals surface area contributed by atoms with E-state index in [1.54, 1.807) is 26.0 Å². The summed E-state index contributed by atoms with van der Waals surface area (Å²) in [6, 6.07) is 8.26. The molecule has 0 fully saturated rings. The summed E-state index contributed by atoms with van der Waals surface area (Å²) in [7, 11) is 1.77. The molecule has 1 amide bonds. The van der Waals surface area contributed by atoms with Crippen molar-refractivity contribution in [1.29, 1.82) is 0 Å². The summed E-state index contributed by atoms with van der Waals surface area (Å²) < 4.78 is 46.3. The zero-order valence-corrected chi connectivity index (χ0v) is 20.3. The first-order chi connectivity index (χ1) is 15.6. The Morgan fingerprint density at radius 1 is 1.00 bits per heavy atom. The molecule has 0 bridgehead atoms. The van der Waals surface area contributed by atoms with Crippen LogP contribution in [-0.4, -0.2) is 46.3 Å². The molecule has 0 aliphatic carbocycles. The van der Waals surface area contributed by atoms with Gasteiger partial charge in [0.1, 0.15) is 0 Å². The predicted molar refractivity (Wildman–Crippen MR) is 127 cm³/mol. The number of amides is 1. The van der Waals surface area contributed by atoms with Crippen molar-refractivity contribution in [3.8, 4) is 17.2 Å². The number of methoxy groups -OCH3 is 3. The first-order valence-electron chi connectivity index (χ1n) is 10.3. The van der Waals surface area contributed by atoms with Gasteiger partial charge in [0.2, 0.25) is 5.75 Å². The van der Waals surface area contributed by atoms with Crippen LogP contribution in [0.1, 0.15) is 13.8 Å². The van der Waals surface area contributed by atoms with Crippen LogP contribution in [0.5, 0.6) is 17.2 Å². The third kappa shape index (κ3) is 4.36. The lowest BCUT2D eigenvalue weighted by atomic mass is 10.0. The molecule has 0 aliphatic rings. The second-order valence-electron chi connectivity index (χ2n) is 7.91. The maximum atomic E-state index is 13.8. The van der Waals surface area contributed by atoms with E-state index in [-0.39, 0.29) is 33.7 Å². The second kappa shape index (κ2) is 9.32. The molecule has 1 aromatic heterocycles. The second-order valence-corrected chi connectivity index (χ2v) is 9.69. The number of aryl methyl sites for hydroxylation is 1. The van der Waals surface area contributed by atoms with Gasteiger partial charge in [-0.25, -0.2) is 12.7 Å². The van der Waals surface area contributed by atoms with E-state index in [0.29, 0.717) is 4.31 Å². The van der Waals surface area contributed by atoms with Crippen LogP contribution < -0.4 is 24.2 Å². The number of aromatic nitrogens is 1. The van der Waals surface area contributed by atoms with Crippen LogP contribution in [-0.2, 0) is 21.9 Å². The number of carbonyl (C=O) groups is 1. The highest BCUT2D eigenvalue weighted by molar-refractivity contribution is 7.93. The minimum absolute atomic E-state index is 0.0266. The maximum absolute atomic E-state index is 13.8. The highest BCUT2D eigenvalue weighted by Crippen LogP contribution is 2.42. The zero-order valence-electron chi connectivity index (χ0n) is 19.5. The van der Waals surface area contributed by atoms with Crippen molar-refractivity contribution in [2.75, 3.05) is 25.6 Å². The van der Waals surface area contributed by atoms with Crippen molar-refractivity contribution >= 4 is 32.5 Å². The fourth-order valence-electron chi connectivity index (χ4n) is 3.52. The van der Waals surface area contributed by atoms with E-state index in [1.165, 1.54) is 45.6 Å². The number of hydrogen-bond donors (Lipinski definition) is 1. The normalized spacial score (nSPS) is 12.6. The lowest BCUT2D eigenvalue weighted by molar-refractivity contribution is -0.119. The molecule has 3 aromatic rings. The first-order valence-corrected chi connectivity index (χ1v) is 11.7. The molecule has 1 unspecified atom stereocenters. The average Bonchev–Trinajstić information content (AvgIpc) is 3.17. The summed E-state index contributed by atoms with van der Waals surface area (Å²) in [5.41, 5.74) is 7.00. The fraction of sp³-hybridized carbons (Fsp3) is 0.348. The molecule has 33 heavy (non-hydrogen) atoms. The van der Waals surface area contributed by atoms with Crippen molar-refractivity contribution in [2.45, 2.75) is 24.8 Å². The Bertz CT molecular complexity index is 1260. The van der Waals surface area contributed by atoms with Gasteiger partial charge < -0.3 is 24.5 Å². The van der Waals surface area contributed by atoms with Gasteiger partial charge >= 0.3 is 0 Å². The van der Waals surface area contributed by atoms with Gasteiger partial charge in [-0.05, 0) is 30.2 Å². The van der Waals surface area contributed by atoms with Crippen LogP contribution in [0.2, 0.25) is 0 Å². The summed E-state index contributed by atoms with van der Waals surface area (Å²) in [6.07, 6.45) is 1.83. The van der Waals surface area contributed by atoms with Crippen LogP contribution in [0.4, 0.5) is 5.69 Å². The summed E-state index contributed by atoms with van der Waals surface area (Å²) in [5.74, 6) is -0.387. The van der Waals surface area contributed by atoms with E-state index in [4.69, 9.17) is 19.9 Å². The standard InChI is InChI=1S/C23H29N3O6S/c1-14(2)21(24)23(27)26(16-12-19(30-4)22(32-6)20(13-16)31-5)33(28,29)17-7-8-18-15(11-17)9-10-25(18)3/h7-14,21H,24H2,1-6H3. The van der Waals surface area contributed by atoms with E-state index in [0.717, 1.165) is 10.9 Å². The van der Waals surface area contributed by atoms with E-state index in [1.807, 2.05) is 17.8 Å². The van der Waals surface area contributed by atoms with Crippen LogP contribution >= 0.6 is 0 Å². The van der Waals surface area contributed by atoms with Gasteiger partial charge in [-0.3, -0.25) is 4.79 Å². The molecule has 9 nitrogen and oxygen atoms in total. The topological polar surface area (TPSA) is 113 Å². The van der Waals surface area contributed by atoms with E-state index in [9.17, 15) is 13.2 Å². The number of carbonyl (C=O) groups excluding carboxylic acids is 1. The molecule has 10 heteroatoms. The van der Waals surface area contributed by atoms with Gasteiger partial charge in [0.05, 0.1) is 38.0 Å². The number of fused-ring (bicyclic) bond motifs is 1. The lowest BCUT2D eigenvalue weighted by Gasteiger charge is -2.28. The quantitative estimate of drug-likeness (QED) is 0.533. The number of rotatable bonds is 8. The van der Waals surface area contributed by atoms with Gasteiger partial charge in [0.15, 0.2) is 11.5 Å². The maximum Gasteiger partial charge on any atom is 0.270 e. The number of benzene rings is 2. The summed E-state index contributed by atoms with van der Waals surface area (Å²) in [5, 5.41) is 0.726. The third-order valence-electron chi connectivity index (χ3n) is 5.48. The average molecular weight is 476 g/mol. The van der Waals surface area contributed by atoms with Gasteiger partial charge in [-0.1, -0.05) is 13.8 Å². The van der Waals surface area contributed by atoms with Crippen molar-refractivity contribution in [2.24, 2.45) is 18.7 Å². The van der Waals surface area contributed by atoms with Crippen LogP contribution in [0.15, 0.2) is 47.5 Å². The van der Waals surface area contributed by atoms with Crippen LogP contribution in [0.25, 0.3) is 10.9 Å². The highest BCUT2D eigenvalue weighted by Gasteiger charge is 2.36. The Morgan fingerprint density at radius 3 is 2.12 bits per heavy atom. The van der Waals surface area contributed by atoms with Gasteiger partial charge in [-0.15, -0.1) is 0 Å². The SMILES string of the molecule is COc1cc(N(C(=O)C(N)C(C)C)S(=O)(=O)c2ccc3c(ccn3C)c2)cc(OC)c1OC. The molecule has 0 radical (unpaired) electrons. The smallest absolute Gasteiger partial charge is 0.270 e. The summed E-state index contributed by atoms with van der Waals surface area (Å²) >= 11 is 0. The van der Waals surface area contributed by atoms with Gasteiger partial charge in [0, 0.05) is 36.3 Å². The molecule has 178 valence electrons. The van der Waals surface area contributed by atoms with E-state index in [2.05, 4.69) is 0 Å². The highest BCUT2D eigenvalue weighted by atomic mass is 32.2. The minimum atomic E-state index is -4.34. The van der Waals surface area contributed by atoms with Gasteiger partial charge in [0.25, 0.3) is 15.9 Å². The zero-order chi connectivity index (χ0) is 24.5. The largest absolute Gasteiger partial charge is 0.493 e. The molecular formula is C23H29N3O6S. The van der Waals surface area contributed by atoms with E-state index >= 15 is 0 Å². The first kappa shape index (κ1) is 24.4. The molecule has 0 aliphatic heterocycles. The number of nitrogens with zero attached hydrogens (tertiary/aromatic N) is 2. The molecule has 1 atom stereocenters.